The van der Waals surface area contributed by atoms with Crippen LogP contribution in [0.5, 0.6) is 0 Å². The van der Waals surface area contributed by atoms with Crippen LogP contribution in [0, 0.1) is 0 Å². The Morgan fingerprint density at radius 3 is 1.60 bits per heavy atom. The number of carbonyl (C=O) groups is 2. The number of rotatable bonds is 42. The number of amides is 1. The van der Waals surface area contributed by atoms with Gasteiger partial charge in [0, 0.05) is 6.42 Å². The molecular formula is C52H91NO5. The smallest absolute Gasteiger partial charge is 0.306 e. The summed E-state index contributed by atoms with van der Waals surface area (Å²) in [5, 5.41) is 23.7. The Morgan fingerprint density at radius 1 is 0.534 bits per heavy atom. The zero-order valence-corrected chi connectivity index (χ0v) is 37.9. The molecule has 0 radical (unpaired) electrons. The molecule has 0 heterocycles. The molecule has 6 nitrogen and oxygen atoms in total. The first-order valence-corrected chi connectivity index (χ1v) is 24.2. The molecule has 0 aromatic heterocycles. The largest absolute Gasteiger partial charge is 0.462 e. The van der Waals surface area contributed by atoms with Crippen LogP contribution in [0.15, 0.2) is 72.9 Å². The van der Waals surface area contributed by atoms with Crippen molar-refractivity contribution in [2.45, 2.75) is 238 Å². The van der Waals surface area contributed by atoms with Crippen LogP contribution in [0.4, 0.5) is 0 Å². The molecule has 1 amide bonds. The van der Waals surface area contributed by atoms with Crippen LogP contribution in [-0.2, 0) is 14.3 Å². The number of esters is 1. The molecule has 334 valence electrons. The highest BCUT2D eigenvalue weighted by molar-refractivity contribution is 5.77. The van der Waals surface area contributed by atoms with Crippen LogP contribution in [0.25, 0.3) is 0 Å². The molecule has 0 fully saturated rings. The highest BCUT2D eigenvalue weighted by atomic mass is 16.5. The Morgan fingerprint density at radius 2 is 1.02 bits per heavy atom. The first-order valence-electron chi connectivity index (χ1n) is 24.2. The van der Waals surface area contributed by atoms with Gasteiger partial charge in [0.2, 0.25) is 5.91 Å². The molecule has 0 spiro atoms. The summed E-state index contributed by atoms with van der Waals surface area (Å²) in [4.78, 5) is 26.0. The summed E-state index contributed by atoms with van der Waals surface area (Å²) in [5.41, 5.74) is 0. The molecule has 3 atom stereocenters. The van der Waals surface area contributed by atoms with Crippen LogP contribution in [-0.4, -0.2) is 46.9 Å². The van der Waals surface area contributed by atoms with Gasteiger partial charge in [-0.1, -0.05) is 209 Å². The van der Waals surface area contributed by atoms with Crippen molar-refractivity contribution in [1.82, 2.24) is 5.32 Å². The number of allylic oxidation sites excluding steroid dienone is 12. The number of unbranched alkanes of at least 4 members (excludes halogenated alkanes) is 21. The number of ether oxygens (including phenoxy) is 1. The van der Waals surface area contributed by atoms with E-state index in [9.17, 15) is 19.8 Å². The fraction of sp³-hybridized carbons (Fsp3) is 0.731. The van der Waals surface area contributed by atoms with E-state index >= 15 is 0 Å². The minimum atomic E-state index is -0.800. The Kier molecular flexibility index (Phi) is 43.3. The lowest BCUT2D eigenvalue weighted by molar-refractivity contribution is -0.151. The number of aliphatic hydroxyl groups is 2. The predicted octanol–water partition coefficient (Wildman–Crippen LogP) is 14.2. The average molecular weight is 810 g/mol. The van der Waals surface area contributed by atoms with Gasteiger partial charge in [-0.15, -0.1) is 0 Å². The molecule has 3 N–H and O–H groups in total. The van der Waals surface area contributed by atoms with Gasteiger partial charge in [0.1, 0.15) is 6.10 Å². The van der Waals surface area contributed by atoms with Gasteiger partial charge in [0.05, 0.1) is 25.2 Å². The summed E-state index contributed by atoms with van der Waals surface area (Å²) in [7, 11) is 0. The maximum atomic E-state index is 13.2. The second-order valence-electron chi connectivity index (χ2n) is 16.2. The molecule has 6 heteroatoms. The second-order valence-corrected chi connectivity index (χ2v) is 16.2. The second kappa shape index (κ2) is 45.4. The van der Waals surface area contributed by atoms with Gasteiger partial charge in [-0.25, -0.2) is 0 Å². The Balaban J connectivity index is 4.64. The minimum absolute atomic E-state index is 0.0491. The Labute approximate surface area is 358 Å². The standard InChI is InChI=1S/C52H91NO5/c1-4-7-10-13-16-19-22-25-27-29-32-35-38-41-44-50(55)49(47-54)53-51(56)46-48(43-40-37-34-31-28-24-21-18-15-12-9-6-3)58-52(57)45-42-39-36-33-30-26-23-20-17-14-11-8-5-2/h8-9,11-12,14,17-18,20-21,23,26,30,48-50,54-55H,4-7,10,13,15-16,19,22,24-25,27-29,31-47H2,1-3H3,(H,53,56)/b11-8+,12-9+,17-14+,21-18+,23-20-,30-26-. The summed E-state index contributed by atoms with van der Waals surface area (Å²) in [6, 6.07) is -0.716. The highest BCUT2D eigenvalue weighted by Crippen LogP contribution is 2.17. The van der Waals surface area contributed by atoms with Crippen molar-refractivity contribution in [3.8, 4) is 0 Å². The van der Waals surface area contributed by atoms with E-state index in [1.807, 2.05) is 30.4 Å². The monoisotopic (exact) mass is 810 g/mol. The molecule has 0 aliphatic rings. The van der Waals surface area contributed by atoms with E-state index in [4.69, 9.17) is 4.74 Å². The van der Waals surface area contributed by atoms with Crippen LogP contribution >= 0.6 is 0 Å². The normalized spacial score (nSPS) is 13.9. The van der Waals surface area contributed by atoms with E-state index in [1.165, 1.54) is 77.0 Å². The minimum Gasteiger partial charge on any atom is -0.462 e. The summed E-state index contributed by atoms with van der Waals surface area (Å²) in [6.45, 7) is 6.21. The third kappa shape index (κ3) is 40.1. The van der Waals surface area contributed by atoms with E-state index < -0.39 is 18.2 Å². The highest BCUT2D eigenvalue weighted by Gasteiger charge is 2.24. The SMILES string of the molecule is CC/C=C/C=C/C=C\C=C/CCCCCC(=O)OC(CCCCCCC/C=C/C/C=C/CC)CC(=O)NC(CO)C(O)CCCCCCCCCCCCCCCC. The number of nitrogens with one attached hydrogen (secondary N) is 1. The van der Waals surface area contributed by atoms with Gasteiger partial charge in [0.25, 0.3) is 0 Å². The third-order valence-corrected chi connectivity index (χ3v) is 10.6. The summed E-state index contributed by atoms with van der Waals surface area (Å²) in [6.07, 6.45) is 56.7. The van der Waals surface area contributed by atoms with Crippen LogP contribution in [0.1, 0.15) is 220 Å². The number of carbonyl (C=O) groups excluding carboxylic acids is 2. The van der Waals surface area contributed by atoms with Gasteiger partial charge in [-0.2, -0.15) is 0 Å². The maximum Gasteiger partial charge on any atom is 0.306 e. The molecule has 0 aromatic carbocycles. The van der Waals surface area contributed by atoms with Gasteiger partial charge in [0.15, 0.2) is 0 Å². The molecule has 0 aliphatic heterocycles. The Hall–Kier alpha value is -2.70. The molecular weight excluding hydrogens is 719 g/mol. The number of hydrogen-bond donors (Lipinski definition) is 3. The zero-order chi connectivity index (χ0) is 42.4. The lowest BCUT2D eigenvalue weighted by Gasteiger charge is -2.24. The molecule has 0 aliphatic carbocycles. The summed E-state index contributed by atoms with van der Waals surface area (Å²) < 4.78 is 5.89. The maximum absolute atomic E-state index is 13.2. The fourth-order valence-electron chi connectivity index (χ4n) is 7.01. The fourth-order valence-corrected chi connectivity index (χ4v) is 7.01. The molecule has 0 bridgehead atoms. The molecule has 0 saturated heterocycles. The van der Waals surface area contributed by atoms with E-state index in [0.29, 0.717) is 19.3 Å². The quantitative estimate of drug-likeness (QED) is 0.0247. The zero-order valence-electron chi connectivity index (χ0n) is 37.9. The van der Waals surface area contributed by atoms with Gasteiger partial charge in [-0.3, -0.25) is 9.59 Å². The lowest BCUT2D eigenvalue weighted by Crippen LogP contribution is -2.46. The summed E-state index contributed by atoms with van der Waals surface area (Å²) in [5.74, 6) is -0.538. The topological polar surface area (TPSA) is 95.9 Å². The molecule has 0 rings (SSSR count). The summed E-state index contributed by atoms with van der Waals surface area (Å²) >= 11 is 0. The number of aliphatic hydroxyl groups excluding tert-OH is 2. The molecule has 58 heavy (non-hydrogen) atoms. The third-order valence-electron chi connectivity index (χ3n) is 10.6. The van der Waals surface area contributed by atoms with Gasteiger partial charge in [-0.05, 0) is 70.6 Å². The van der Waals surface area contributed by atoms with E-state index in [2.05, 4.69) is 68.6 Å². The lowest BCUT2D eigenvalue weighted by atomic mass is 10.0. The van der Waals surface area contributed by atoms with Crippen molar-refractivity contribution in [1.29, 1.82) is 0 Å². The Bertz CT molecular complexity index is 1090. The molecule has 3 unspecified atom stereocenters. The van der Waals surface area contributed by atoms with E-state index in [1.54, 1.807) is 0 Å². The van der Waals surface area contributed by atoms with Crippen molar-refractivity contribution in [2.24, 2.45) is 0 Å². The molecule has 0 aromatic rings. The van der Waals surface area contributed by atoms with Crippen LogP contribution < -0.4 is 5.32 Å². The van der Waals surface area contributed by atoms with Gasteiger partial charge < -0.3 is 20.3 Å². The van der Waals surface area contributed by atoms with Crippen molar-refractivity contribution in [3.05, 3.63) is 72.9 Å². The van der Waals surface area contributed by atoms with Crippen molar-refractivity contribution < 1.29 is 24.5 Å². The average Bonchev–Trinajstić information content (AvgIpc) is 3.22. The van der Waals surface area contributed by atoms with Crippen molar-refractivity contribution in [3.63, 3.8) is 0 Å². The van der Waals surface area contributed by atoms with Crippen molar-refractivity contribution >= 4 is 11.9 Å². The van der Waals surface area contributed by atoms with Crippen LogP contribution in [0.2, 0.25) is 0 Å². The first kappa shape index (κ1) is 55.3. The number of hydrogen-bond acceptors (Lipinski definition) is 5. The van der Waals surface area contributed by atoms with Crippen molar-refractivity contribution in [2.75, 3.05) is 6.61 Å². The van der Waals surface area contributed by atoms with Crippen LogP contribution in [0.3, 0.4) is 0 Å². The molecule has 0 saturated carbocycles. The first-order chi connectivity index (χ1) is 28.5. The van der Waals surface area contributed by atoms with Gasteiger partial charge >= 0.3 is 5.97 Å². The van der Waals surface area contributed by atoms with E-state index in [-0.39, 0.29) is 24.9 Å². The van der Waals surface area contributed by atoms with E-state index in [0.717, 1.165) is 96.3 Å². The predicted molar refractivity (Wildman–Crippen MR) is 250 cm³/mol.